The van der Waals surface area contributed by atoms with Gasteiger partial charge in [0.2, 0.25) is 5.88 Å². The zero-order valence-corrected chi connectivity index (χ0v) is 24.5. The van der Waals surface area contributed by atoms with Crippen LogP contribution in [0.4, 0.5) is 0 Å². The molecule has 2 atom stereocenters. The van der Waals surface area contributed by atoms with Crippen molar-refractivity contribution in [2.75, 3.05) is 20.7 Å². The highest BCUT2D eigenvalue weighted by atomic mass is 127. The Kier molecular flexibility index (Phi) is 9.06. The first-order valence-electron chi connectivity index (χ1n) is 11.5. The Morgan fingerprint density at radius 3 is 2.39 bits per heavy atom. The lowest BCUT2D eigenvalue weighted by molar-refractivity contribution is 0.00764. The molecule has 0 saturated carbocycles. The van der Waals surface area contributed by atoms with Gasteiger partial charge in [-0.3, -0.25) is 3.11 Å². The molecule has 0 aliphatic rings. The van der Waals surface area contributed by atoms with Crippen LogP contribution < -0.4 is 4.74 Å². The van der Waals surface area contributed by atoms with Crippen molar-refractivity contribution in [3.8, 4) is 17.0 Å². The van der Waals surface area contributed by atoms with Crippen LogP contribution in [0.15, 0.2) is 95.6 Å². The van der Waals surface area contributed by atoms with Gasteiger partial charge in [-0.1, -0.05) is 82.1 Å². The Bertz CT molecular complexity index is 1300. The van der Waals surface area contributed by atoms with E-state index in [4.69, 9.17) is 16.3 Å². The summed E-state index contributed by atoms with van der Waals surface area (Å²) in [4.78, 5) is 4.68. The number of methoxy groups -OCH3 is 1. The maximum atomic E-state index is 12.7. The molecule has 1 heterocycles. The Morgan fingerprint density at radius 1 is 1.03 bits per heavy atom. The van der Waals surface area contributed by atoms with Crippen molar-refractivity contribution < 1.29 is 9.84 Å². The van der Waals surface area contributed by atoms with Gasteiger partial charge in [0, 0.05) is 62.1 Å². The lowest BCUT2D eigenvalue weighted by Crippen LogP contribution is -2.37. The van der Waals surface area contributed by atoms with E-state index < -0.39 is 11.5 Å². The summed E-state index contributed by atoms with van der Waals surface area (Å²) in [5.74, 6) is 0.0133. The Morgan fingerprint density at radius 2 is 1.75 bits per heavy atom. The average Bonchev–Trinajstić information content (AvgIpc) is 2.88. The molecule has 36 heavy (non-hydrogen) atoms. The second-order valence-corrected chi connectivity index (χ2v) is 11.7. The molecule has 1 N–H and O–H groups in total. The van der Waals surface area contributed by atoms with Crippen LogP contribution in [0.25, 0.3) is 11.1 Å². The van der Waals surface area contributed by atoms with Crippen LogP contribution in [0.3, 0.4) is 0 Å². The molecule has 0 bridgehead atoms. The summed E-state index contributed by atoms with van der Waals surface area (Å²) < 4.78 is 8.82. The molecule has 4 rings (SSSR count). The first-order chi connectivity index (χ1) is 17.3. The highest BCUT2D eigenvalue weighted by Gasteiger charge is 2.42. The Hall–Kier alpha value is -1.97. The van der Waals surface area contributed by atoms with Crippen molar-refractivity contribution >= 4 is 50.4 Å². The fourth-order valence-electron chi connectivity index (χ4n) is 4.54. The van der Waals surface area contributed by atoms with Crippen molar-refractivity contribution in [2.24, 2.45) is 0 Å². The van der Waals surface area contributed by atoms with Crippen molar-refractivity contribution in [3.05, 3.63) is 117 Å². The molecule has 0 fully saturated rings. The van der Waals surface area contributed by atoms with E-state index in [2.05, 4.69) is 49.8 Å². The summed E-state index contributed by atoms with van der Waals surface area (Å²) in [5, 5.41) is 13.2. The lowest BCUT2D eigenvalue weighted by atomic mass is 9.71. The zero-order chi connectivity index (χ0) is 25.7. The summed E-state index contributed by atoms with van der Waals surface area (Å²) in [6.07, 6.45) is 2.28. The van der Waals surface area contributed by atoms with E-state index in [1.807, 2.05) is 95.2 Å². The smallest absolute Gasteiger partial charge is 0.217 e. The number of aliphatic hydroxyl groups is 1. The van der Waals surface area contributed by atoms with Crippen molar-refractivity contribution in [1.82, 2.24) is 8.10 Å². The van der Waals surface area contributed by atoms with Gasteiger partial charge in [-0.25, -0.2) is 4.98 Å². The number of nitrogens with zero attached hydrogens (tertiary/aromatic N) is 2. The second kappa shape index (κ2) is 12.0. The average molecular weight is 678 g/mol. The zero-order valence-electron chi connectivity index (χ0n) is 20.0. The van der Waals surface area contributed by atoms with Crippen LogP contribution in [0.1, 0.15) is 29.0 Å². The molecule has 0 saturated heterocycles. The minimum Gasteiger partial charge on any atom is -0.481 e. The predicted octanol–water partition coefficient (Wildman–Crippen LogP) is 7.86. The molecule has 1 aromatic heterocycles. The van der Waals surface area contributed by atoms with Crippen molar-refractivity contribution in [1.29, 1.82) is 0 Å². The van der Waals surface area contributed by atoms with E-state index in [9.17, 15) is 5.11 Å². The maximum absolute atomic E-state index is 12.7. The molecule has 186 valence electrons. The Balaban J connectivity index is 1.97. The number of ether oxygens (including phenoxy) is 1. The van der Waals surface area contributed by atoms with E-state index in [0.717, 1.165) is 32.3 Å². The fraction of sp³-hybridized carbons (Fsp3) is 0.207. The number of benzene rings is 3. The van der Waals surface area contributed by atoms with Crippen LogP contribution >= 0.6 is 50.4 Å². The maximum Gasteiger partial charge on any atom is 0.217 e. The van der Waals surface area contributed by atoms with Gasteiger partial charge in [-0.2, -0.15) is 0 Å². The van der Waals surface area contributed by atoms with E-state index in [1.54, 1.807) is 7.11 Å². The summed E-state index contributed by atoms with van der Waals surface area (Å²) >= 11 is 12.2. The standard InChI is InChI=1S/C29H27BrClIN2O2/c1-34(32)16-15-29(35,23-9-6-10-25(31)18-23)27(21-7-4-3-5-8-21)26-17-22(19-33-28(26)36-2)20-11-13-24(30)14-12-20/h3-14,17-19,27,35H,15-16H2,1-2H3. The molecule has 4 aromatic rings. The highest BCUT2D eigenvalue weighted by Crippen LogP contribution is 2.47. The van der Waals surface area contributed by atoms with Crippen LogP contribution in [0.2, 0.25) is 5.02 Å². The van der Waals surface area contributed by atoms with E-state index in [1.165, 1.54) is 0 Å². The molecule has 0 aliphatic heterocycles. The summed E-state index contributed by atoms with van der Waals surface area (Å²) in [6.45, 7) is 0.662. The largest absolute Gasteiger partial charge is 0.481 e. The van der Waals surface area contributed by atoms with E-state index >= 15 is 0 Å². The van der Waals surface area contributed by atoms with E-state index in [-0.39, 0.29) is 0 Å². The second-order valence-electron chi connectivity index (χ2n) is 8.69. The molecular formula is C29H27BrClIN2O2. The molecule has 7 heteroatoms. The third-order valence-electron chi connectivity index (χ3n) is 6.30. The first kappa shape index (κ1) is 27.1. The van der Waals surface area contributed by atoms with Gasteiger partial charge in [0.15, 0.2) is 0 Å². The highest BCUT2D eigenvalue weighted by molar-refractivity contribution is 14.1. The van der Waals surface area contributed by atoms with Gasteiger partial charge < -0.3 is 9.84 Å². The van der Waals surface area contributed by atoms with Gasteiger partial charge in [-0.05, 0) is 60.5 Å². The van der Waals surface area contributed by atoms with Gasteiger partial charge in [-0.15, -0.1) is 0 Å². The minimum atomic E-state index is -1.29. The lowest BCUT2D eigenvalue weighted by Gasteiger charge is -2.38. The van der Waals surface area contributed by atoms with Gasteiger partial charge in [0.25, 0.3) is 0 Å². The molecule has 3 aromatic carbocycles. The van der Waals surface area contributed by atoms with Crippen LogP contribution in [-0.2, 0) is 5.60 Å². The molecular weight excluding hydrogens is 651 g/mol. The number of aromatic nitrogens is 1. The third kappa shape index (κ3) is 6.11. The quantitative estimate of drug-likeness (QED) is 0.145. The third-order valence-corrected chi connectivity index (χ3v) is 7.54. The summed E-state index contributed by atoms with van der Waals surface area (Å²) in [6, 6.07) is 27.7. The van der Waals surface area contributed by atoms with Gasteiger partial charge in [0.1, 0.15) is 5.60 Å². The number of rotatable bonds is 9. The number of halogens is 3. The number of hydrogen-bond acceptors (Lipinski definition) is 4. The molecule has 0 amide bonds. The Labute approximate surface area is 239 Å². The normalized spacial score (nSPS) is 13.9. The minimum absolute atomic E-state index is 0.466. The monoisotopic (exact) mass is 676 g/mol. The number of hydrogen-bond donors (Lipinski definition) is 1. The van der Waals surface area contributed by atoms with Gasteiger partial charge in [0.05, 0.1) is 7.11 Å². The molecule has 0 spiro atoms. The van der Waals surface area contributed by atoms with Crippen LogP contribution in [0.5, 0.6) is 5.88 Å². The predicted molar refractivity (Wildman–Crippen MR) is 159 cm³/mol. The number of pyridine rings is 1. The van der Waals surface area contributed by atoms with Gasteiger partial charge >= 0.3 is 0 Å². The SMILES string of the molecule is COc1ncc(-c2ccc(Br)cc2)cc1C(c1ccccc1)C(O)(CCN(C)I)c1cccc(Cl)c1. The van der Waals surface area contributed by atoms with Crippen LogP contribution in [0, 0.1) is 0 Å². The molecule has 0 radical (unpaired) electrons. The van der Waals surface area contributed by atoms with Crippen LogP contribution in [-0.4, -0.2) is 33.9 Å². The van der Waals surface area contributed by atoms with E-state index in [0.29, 0.717) is 23.9 Å². The first-order valence-corrected chi connectivity index (χ1v) is 13.7. The fourth-order valence-corrected chi connectivity index (χ4v) is 5.24. The molecule has 2 unspecified atom stereocenters. The topological polar surface area (TPSA) is 45.6 Å². The summed E-state index contributed by atoms with van der Waals surface area (Å²) in [5.41, 5.74) is 3.20. The molecule has 4 nitrogen and oxygen atoms in total. The van der Waals surface area contributed by atoms with Crippen molar-refractivity contribution in [3.63, 3.8) is 0 Å². The molecule has 0 aliphatic carbocycles. The summed E-state index contributed by atoms with van der Waals surface area (Å²) in [7, 11) is 3.61. The van der Waals surface area contributed by atoms with Crippen molar-refractivity contribution in [2.45, 2.75) is 17.9 Å².